The summed E-state index contributed by atoms with van der Waals surface area (Å²) in [6.07, 6.45) is 0.554. The number of hydrogen-bond acceptors (Lipinski definition) is 3. The average molecular weight is 376 g/mol. The zero-order chi connectivity index (χ0) is 14.6. The molecule has 6 heteroatoms. The van der Waals surface area contributed by atoms with Gasteiger partial charge in [-0.2, -0.15) is 0 Å². The molecule has 0 radical (unpaired) electrons. The smallest absolute Gasteiger partial charge is 0.337 e. The first-order valence-electron chi connectivity index (χ1n) is 5.90. The number of hydrogen-bond donors (Lipinski definition) is 3. The molecule has 4 N–H and O–H groups in total. The first kappa shape index (κ1) is 15.9. The summed E-state index contributed by atoms with van der Waals surface area (Å²) >= 11 is 2.02. The molecule has 0 bridgehead atoms. The van der Waals surface area contributed by atoms with Gasteiger partial charge in [0.2, 0.25) is 5.91 Å². The standard InChI is InChI=1S/C13H17IN2O3/c1-7(2)5-10(15)12(17)16-11-4-3-8(14)6-9(11)13(18)19/h3-4,6-7,10H,5,15H2,1-2H3,(H,16,17)(H,18,19)/t10-/m0/s1. The number of anilines is 1. The number of nitrogens with one attached hydrogen (secondary N) is 1. The van der Waals surface area contributed by atoms with Gasteiger partial charge in [0.15, 0.2) is 0 Å². The molecule has 0 aliphatic rings. The summed E-state index contributed by atoms with van der Waals surface area (Å²) in [5.74, 6) is -1.14. The Morgan fingerprint density at radius 3 is 2.58 bits per heavy atom. The second-order valence-electron chi connectivity index (χ2n) is 4.72. The second kappa shape index (κ2) is 6.85. The highest BCUT2D eigenvalue weighted by molar-refractivity contribution is 14.1. The number of nitrogens with two attached hydrogens (primary N) is 1. The van der Waals surface area contributed by atoms with E-state index in [1.165, 1.54) is 6.07 Å². The van der Waals surface area contributed by atoms with Crippen molar-refractivity contribution in [2.45, 2.75) is 26.3 Å². The monoisotopic (exact) mass is 376 g/mol. The van der Waals surface area contributed by atoms with E-state index < -0.39 is 12.0 Å². The number of benzene rings is 1. The van der Waals surface area contributed by atoms with E-state index in [4.69, 9.17) is 10.8 Å². The maximum absolute atomic E-state index is 11.9. The van der Waals surface area contributed by atoms with Crippen LogP contribution in [-0.4, -0.2) is 23.0 Å². The highest BCUT2D eigenvalue weighted by Crippen LogP contribution is 2.19. The van der Waals surface area contributed by atoms with Gasteiger partial charge in [0, 0.05) is 3.57 Å². The first-order chi connectivity index (χ1) is 8.81. The highest BCUT2D eigenvalue weighted by Gasteiger charge is 2.18. The van der Waals surface area contributed by atoms with Crippen LogP contribution in [0.1, 0.15) is 30.6 Å². The van der Waals surface area contributed by atoms with Gasteiger partial charge in [-0.25, -0.2) is 4.79 Å². The van der Waals surface area contributed by atoms with E-state index >= 15 is 0 Å². The summed E-state index contributed by atoms with van der Waals surface area (Å²) in [5, 5.41) is 11.7. The van der Waals surface area contributed by atoms with Crippen molar-refractivity contribution in [3.05, 3.63) is 27.3 Å². The Balaban J connectivity index is 2.87. The zero-order valence-electron chi connectivity index (χ0n) is 10.8. The topological polar surface area (TPSA) is 92.4 Å². The Morgan fingerprint density at radius 2 is 2.05 bits per heavy atom. The lowest BCUT2D eigenvalue weighted by Crippen LogP contribution is -2.37. The number of rotatable bonds is 5. The maximum atomic E-state index is 11.9. The van der Waals surface area contributed by atoms with Crippen molar-refractivity contribution < 1.29 is 14.7 Å². The molecule has 1 aromatic carbocycles. The molecule has 0 aliphatic heterocycles. The Kier molecular flexibility index (Phi) is 5.74. The molecule has 0 spiro atoms. The number of halogens is 1. The molecule has 1 amide bonds. The predicted molar refractivity (Wildman–Crippen MR) is 82.2 cm³/mol. The van der Waals surface area contributed by atoms with Gasteiger partial charge in [-0.1, -0.05) is 13.8 Å². The minimum Gasteiger partial charge on any atom is -0.478 e. The lowest BCUT2D eigenvalue weighted by molar-refractivity contribution is -0.117. The van der Waals surface area contributed by atoms with Gasteiger partial charge >= 0.3 is 5.97 Å². The van der Waals surface area contributed by atoms with Crippen molar-refractivity contribution >= 4 is 40.2 Å². The lowest BCUT2D eigenvalue weighted by Gasteiger charge is -2.15. The van der Waals surface area contributed by atoms with Crippen molar-refractivity contribution in [3.8, 4) is 0 Å². The van der Waals surface area contributed by atoms with E-state index in [0.29, 0.717) is 12.3 Å². The molecule has 1 rings (SSSR count). The van der Waals surface area contributed by atoms with Crippen LogP contribution in [0.4, 0.5) is 5.69 Å². The van der Waals surface area contributed by atoms with Gasteiger partial charge in [-0.05, 0) is 53.1 Å². The van der Waals surface area contributed by atoms with Crippen molar-refractivity contribution in [2.75, 3.05) is 5.32 Å². The Bertz CT molecular complexity index is 489. The summed E-state index contributed by atoms with van der Waals surface area (Å²) in [6, 6.07) is 4.18. The van der Waals surface area contributed by atoms with Crippen LogP contribution in [0.2, 0.25) is 0 Å². The molecule has 1 aromatic rings. The van der Waals surface area contributed by atoms with Crippen LogP contribution in [0.15, 0.2) is 18.2 Å². The van der Waals surface area contributed by atoms with Crippen LogP contribution in [-0.2, 0) is 4.79 Å². The Hall–Kier alpha value is -1.15. The zero-order valence-corrected chi connectivity index (χ0v) is 13.0. The van der Waals surface area contributed by atoms with Crippen LogP contribution in [0, 0.1) is 9.49 Å². The van der Waals surface area contributed by atoms with Crippen molar-refractivity contribution in [3.63, 3.8) is 0 Å². The number of carboxylic acid groups (broad SMARTS) is 1. The largest absolute Gasteiger partial charge is 0.478 e. The molecule has 0 saturated heterocycles. The molecule has 0 aliphatic carbocycles. The molecular formula is C13H17IN2O3. The summed E-state index contributed by atoms with van der Waals surface area (Å²) in [7, 11) is 0. The van der Waals surface area contributed by atoms with E-state index in [0.717, 1.165) is 3.57 Å². The molecule has 104 valence electrons. The van der Waals surface area contributed by atoms with Gasteiger partial charge in [-0.15, -0.1) is 0 Å². The number of amides is 1. The molecule has 0 aromatic heterocycles. The van der Waals surface area contributed by atoms with E-state index in [-0.39, 0.29) is 17.2 Å². The van der Waals surface area contributed by atoms with E-state index in [9.17, 15) is 9.59 Å². The van der Waals surface area contributed by atoms with E-state index in [1.807, 2.05) is 36.4 Å². The van der Waals surface area contributed by atoms with Gasteiger partial charge in [0.1, 0.15) is 0 Å². The van der Waals surface area contributed by atoms with Gasteiger partial charge in [0.05, 0.1) is 17.3 Å². The minimum absolute atomic E-state index is 0.0667. The highest BCUT2D eigenvalue weighted by atomic mass is 127. The fraction of sp³-hybridized carbons (Fsp3) is 0.385. The Morgan fingerprint density at radius 1 is 1.42 bits per heavy atom. The summed E-state index contributed by atoms with van der Waals surface area (Å²) in [5.41, 5.74) is 6.10. The van der Waals surface area contributed by atoms with Gasteiger partial charge < -0.3 is 16.2 Å². The molecule has 0 unspecified atom stereocenters. The molecule has 19 heavy (non-hydrogen) atoms. The number of carbonyl (C=O) groups excluding carboxylic acids is 1. The lowest BCUT2D eigenvalue weighted by atomic mass is 10.0. The first-order valence-corrected chi connectivity index (χ1v) is 6.98. The number of carboxylic acids is 1. The van der Waals surface area contributed by atoms with Crippen LogP contribution >= 0.6 is 22.6 Å². The summed E-state index contributed by atoms with van der Waals surface area (Å²) in [4.78, 5) is 23.0. The third kappa shape index (κ3) is 4.79. The normalized spacial score (nSPS) is 12.3. The van der Waals surface area contributed by atoms with Gasteiger partial charge in [-0.3, -0.25) is 4.79 Å². The fourth-order valence-electron chi connectivity index (χ4n) is 1.64. The van der Waals surface area contributed by atoms with Crippen molar-refractivity contribution in [1.82, 2.24) is 0 Å². The fourth-order valence-corrected chi connectivity index (χ4v) is 2.13. The number of carbonyl (C=O) groups is 2. The van der Waals surface area contributed by atoms with Crippen LogP contribution in [0.5, 0.6) is 0 Å². The molecule has 0 saturated carbocycles. The number of aromatic carboxylic acids is 1. The van der Waals surface area contributed by atoms with Crippen molar-refractivity contribution in [1.29, 1.82) is 0 Å². The van der Waals surface area contributed by atoms with E-state index in [2.05, 4.69) is 5.32 Å². The minimum atomic E-state index is -1.08. The Labute approximate surface area is 125 Å². The van der Waals surface area contributed by atoms with Crippen LogP contribution < -0.4 is 11.1 Å². The van der Waals surface area contributed by atoms with Gasteiger partial charge in [0.25, 0.3) is 0 Å². The van der Waals surface area contributed by atoms with E-state index in [1.54, 1.807) is 12.1 Å². The predicted octanol–water partition coefficient (Wildman–Crippen LogP) is 2.30. The quantitative estimate of drug-likeness (QED) is 0.688. The third-order valence-electron chi connectivity index (χ3n) is 2.53. The molecule has 0 fully saturated rings. The molecule has 1 atom stereocenters. The molecule has 5 nitrogen and oxygen atoms in total. The third-order valence-corrected chi connectivity index (χ3v) is 3.20. The van der Waals surface area contributed by atoms with Crippen LogP contribution in [0.25, 0.3) is 0 Å². The molecule has 0 heterocycles. The SMILES string of the molecule is CC(C)C[C@H](N)C(=O)Nc1ccc(I)cc1C(=O)O. The van der Waals surface area contributed by atoms with Crippen LogP contribution in [0.3, 0.4) is 0 Å². The summed E-state index contributed by atoms with van der Waals surface area (Å²) < 4.78 is 0.791. The van der Waals surface area contributed by atoms with Crippen molar-refractivity contribution in [2.24, 2.45) is 11.7 Å². The molecular weight excluding hydrogens is 359 g/mol. The second-order valence-corrected chi connectivity index (χ2v) is 5.97. The average Bonchev–Trinajstić information content (AvgIpc) is 2.30. The maximum Gasteiger partial charge on any atom is 0.337 e. The summed E-state index contributed by atoms with van der Waals surface area (Å²) in [6.45, 7) is 3.95.